The first-order valence-electron chi connectivity index (χ1n) is 12.5. The Balaban J connectivity index is 0.00000247. The van der Waals surface area contributed by atoms with Gasteiger partial charge >= 0.3 is 6.03 Å². The molecule has 1 aliphatic rings. The lowest BCUT2D eigenvalue weighted by molar-refractivity contribution is 0.0701. The summed E-state index contributed by atoms with van der Waals surface area (Å²) in [7, 11) is -2.11. The number of sulfonamides is 1. The number of hydrogen-bond donors (Lipinski definition) is 2. The molecule has 2 N–H and O–H groups in total. The fraction of sp³-hybridized carbons (Fsp3) is 0.407. The second-order valence-corrected chi connectivity index (χ2v) is 11.7. The van der Waals surface area contributed by atoms with Crippen LogP contribution in [0.1, 0.15) is 37.6 Å². The number of fused-ring (bicyclic) bond motifs is 1. The number of piperazine rings is 1. The van der Waals surface area contributed by atoms with Gasteiger partial charge < -0.3 is 15.0 Å². The van der Waals surface area contributed by atoms with E-state index in [4.69, 9.17) is 4.74 Å². The van der Waals surface area contributed by atoms with Crippen LogP contribution in [0.15, 0.2) is 61.4 Å². The van der Waals surface area contributed by atoms with Crippen molar-refractivity contribution in [3.63, 3.8) is 0 Å². The van der Waals surface area contributed by atoms with Crippen molar-refractivity contribution >= 4 is 48.4 Å². The van der Waals surface area contributed by atoms with Crippen LogP contribution < -0.4 is 10.6 Å². The van der Waals surface area contributed by atoms with Gasteiger partial charge in [0.25, 0.3) is 5.91 Å². The molecule has 38 heavy (non-hydrogen) atoms. The number of carbonyl (C=O) groups is 2. The van der Waals surface area contributed by atoms with Crippen LogP contribution in [0.5, 0.6) is 0 Å². The Morgan fingerprint density at radius 2 is 1.82 bits per heavy atom. The van der Waals surface area contributed by atoms with Gasteiger partial charge in [0.15, 0.2) is 0 Å². The van der Waals surface area contributed by atoms with E-state index >= 15 is 0 Å². The number of thiophene rings is 1. The Morgan fingerprint density at radius 1 is 1.16 bits per heavy atom. The molecule has 0 aliphatic carbocycles. The second-order valence-electron chi connectivity index (χ2n) is 8.31. The minimum atomic E-state index is -3.62. The van der Waals surface area contributed by atoms with Gasteiger partial charge in [-0.05, 0) is 38.5 Å². The average molecular weight is 563 g/mol. The third kappa shape index (κ3) is 7.46. The summed E-state index contributed by atoms with van der Waals surface area (Å²) in [4.78, 5) is 27.4. The molecule has 1 aromatic carbocycles. The molecular formula is C27H38N4O5S2. The number of rotatable bonds is 9. The van der Waals surface area contributed by atoms with Crippen LogP contribution in [0.3, 0.4) is 0 Å². The normalized spacial score (nSPS) is 15.6. The molecular weight excluding hydrogens is 524 g/mol. The smallest absolute Gasteiger partial charge is 0.319 e. The number of anilines is 1. The Morgan fingerprint density at radius 3 is 2.42 bits per heavy atom. The molecule has 208 valence electrons. The zero-order valence-corrected chi connectivity index (χ0v) is 24.2. The SMILES string of the molecule is C=C.CC/C=C\C(=C/C(C)S(=O)(=O)N1CCN(C(=O)c2c(NC(=O)NCC)sc3ccccc23)CC1)OC. The largest absolute Gasteiger partial charge is 0.497 e. The number of amides is 3. The van der Waals surface area contributed by atoms with E-state index in [2.05, 4.69) is 23.8 Å². The monoisotopic (exact) mass is 562 g/mol. The lowest BCUT2D eigenvalue weighted by Crippen LogP contribution is -2.52. The van der Waals surface area contributed by atoms with Crippen LogP contribution in [-0.2, 0) is 14.8 Å². The van der Waals surface area contributed by atoms with Crippen molar-refractivity contribution in [2.75, 3.05) is 45.2 Å². The highest BCUT2D eigenvalue weighted by Crippen LogP contribution is 2.36. The van der Waals surface area contributed by atoms with Crippen molar-refractivity contribution in [3.8, 4) is 0 Å². The Hall–Kier alpha value is -3.15. The van der Waals surface area contributed by atoms with Crippen LogP contribution in [0.4, 0.5) is 9.80 Å². The number of nitrogens with zero attached hydrogens (tertiary/aromatic N) is 2. The molecule has 11 heteroatoms. The first-order valence-corrected chi connectivity index (χ1v) is 14.8. The quantitative estimate of drug-likeness (QED) is 0.259. The third-order valence-corrected chi connectivity index (χ3v) is 9.13. The molecule has 0 radical (unpaired) electrons. The van der Waals surface area contributed by atoms with E-state index in [-0.39, 0.29) is 38.1 Å². The van der Waals surface area contributed by atoms with E-state index in [1.165, 1.54) is 22.8 Å². The highest BCUT2D eigenvalue weighted by molar-refractivity contribution is 7.89. The molecule has 9 nitrogen and oxygen atoms in total. The van der Waals surface area contributed by atoms with Crippen LogP contribution in [0.25, 0.3) is 10.1 Å². The van der Waals surface area contributed by atoms with Gasteiger partial charge in [-0.15, -0.1) is 24.5 Å². The predicted molar refractivity (Wildman–Crippen MR) is 156 cm³/mol. The van der Waals surface area contributed by atoms with Crippen LogP contribution in [0, 0.1) is 0 Å². The Bertz CT molecular complexity index is 1260. The number of hydrogen-bond acceptors (Lipinski definition) is 6. The van der Waals surface area contributed by atoms with Crippen LogP contribution >= 0.6 is 11.3 Å². The summed E-state index contributed by atoms with van der Waals surface area (Å²) in [6, 6.07) is 7.13. The summed E-state index contributed by atoms with van der Waals surface area (Å²) < 4.78 is 34.0. The molecule has 1 unspecified atom stereocenters. The zero-order valence-electron chi connectivity index (χ0n) is 22.5. The van der Waals surface area contributed by atoms with Gasteiger partial charge in [-0.2, -0.15) is 4.31 Å². The van der Waals surface area contributed by atoms with Crippen LogP contribution in [0.2, 0.25) is 0 Å². The van der Waals surface area contributed by atoms with Gasteiger partial charge in [0, 0.05) is 42.8 Å². The highest BCUT2D eigenvalue weighted by atomic mass is 32.2. The molecule has 2 aromatic rings. The molecule has 1 aromatic heterocycles. The maximum atomic E-state index is 13.6. The summed E-state index contributed by atoms with van der Waals surface area (Å²) >= 11 is 1.34. The fourth-order valence-electron chi connectivity index (χ4n) is 3.94. The first kappa shape index (κ1) is 31.1. The number of carbonyl (C=O) groups excluding carboxylic acids is 2. The molecule has 1 fully saturated rings. The van der Waals surface area contributed by atoms with E-state index in [9.17, 15) is 18.0 Å². The first-order chi connectivity index (χ1) is 18.2. The standard InChI is InChI=1S/C25H34N4O5S2.C2H4/c1-5-7-10-19(34-4)17-18(3)36(32,33)29-15-13-28(14-16-29)24(30)22-20-11-8-9-12-21(20)35-23(22)27-25(31)26-6-2;1-2/h7-12,17-18H,5-6,13-16H2,1-4H3,(H2,26,27,31);1-2H2/b10-7-,19-17+;. The molecule has 0 bridgehead atoms. The van der Waals surface area contributed by atoms with Crippen molar-refractivity contribution in [1.82, 2.24) is 14.5 Å². The minimum Gasteiger partial charge on any atom is -0.497 e. The van der Waals surface area contributed by atoms with Gasteiger partial charge in [0.1, 0.15) is 10.8 Å². The molecule has 1 saturated heterocycles. The van der Waals surface area contributed by atoms with E-state index < -0.39 is 15.3 Å². The average Bonchev–Trinajstić information content (AvgIpc) is 3.29. The molecule has 2 heterocycles. The van der Waals surface area contributed by atoms with E-state index in [1.54, 1.807) is 24.0 Å². The number of ether oxygens (including phenoxy) is 1. The topological polar surface area (TPSA) is 108 Å². The predicted octanol–water partition coefficient (Wildman–Crippen LogP) is 4.82. The van der Waals surface area contributed by atoms with E-state index in [0.717, 1.165) is 16.5 Å². The molecule has 0 spiro atoms. The summed E-state index contributed by atoms with van der Waals surface area (Å²) in [6.45, 7) is 12.8. The maximum absolute atomic E-state index is 13.6. The van der Waals surface area contributed by atoms with Crippen molar-refractivity contribution in [2.24, 2.45) is 0 Å². The maximum Gasteiger partial charge on any atom is 0.319 e. The van der Waals surface area contributed by atoms with Crippen molar-refractivity contribution in [2.45, 2.75) is 32.4 Å². The van der Waals surface area contributed by atoms with Crippen molar-refractivity contribution < 1.29 is 22.7 Å². The molecule has 1 aliphatic heterocycles. The van der Waals surface area contributed by atoms with Gasteiger partial charge in [-0.1, -0.05) is 31.2 Å². The number of allylic oxidation sites excluding steroid dienone is 2. The van der Waals surface area contributed by atoms with Crippen LogP contribution in [-0.4, -0.2) is 74.6 Å². The number of urea groups is 1. The lowest BCUT2D eigenvalue weighted by Gasteiger charge is -2.35. The number of nitrogens with one attached hydrogen (secondary N) is 2. The fourth-order valence-corrected chi connectivity index (χ4v) is 6.47. The molecule has 3 amide bonds. The summed E-state index contributed by atoms with van der Waals surface area (Å²) in [5.41, 5.74) is 0.432. The van der Waals surface area contributed by atoms with Gasteiger partial charge in [-0.25, -0.2) is 13.2 Å². The summed E-state index contributed by atoms with van der Waals surface area (Å²) in [5.74, 6) is 0.272. The van der Waals surface area contributed by atoms with Crippen molar-refractivity contribution in [1.29, 1.82) is 0 Å². The second kappa shape index (κ2) is 14.7. The Kier molecular flexibility index (Phi) is 12.0. The van der Waals surface area contributed by atoms with Gasteiger partial charge in [0.2, 0.25) is 10.0 Å². The third-order valence-electron chi connectivity index (χ3n) is 5.88. The minimum absolute atomic E-state index is 0.195. The molecule has 1 atom stereocenters. The molecule has 3 rings (SSSR count). The Labute approximate surface area is 229 Å². The highest BCUT2D eigenvalue weighted by Gasteiger charge is 2.34. The molecule has 0 saturated carbocycles. The summed E-state index contributed by atoms with van der Waals surface area (Å²) in [6.07, 6.45) is 6.08. The zero-order chi connectivity index (χ0) is 28.3. The van der Waals surface area contributed by atoms with Crippen molar-refractivity contribution in [3.05, 3.63) is 67.0 Å². The number of methoxy groups -OCH3 is 1. The van der Waals surface area contributed by atoms with Gasteiger partial charge in [-0.3, -0.25) is 10.1 Å². The summed E-state index contributed by atoms with van der Waals surface area (Å²) in [5, 5.41) is 5.95. The number of benzene rings is 1. The lowest BCUT2D eigenvalue weighted by atomic mass is 10.1. The van der Waals surface area contributed by atoms with E-state index in [1.807, 2.05) is 44.2 Å². The van der Waals surface area contributed by atoms with Gasteiger partial charge in [0.05, 0.1) is 17.9 Å². The van der Waals surface area contributed by atoms with E-state index in [0.29, 0.717) is 22.9 Å².